The lowest BCUT2D eigenvalue weighted by molar-refractivity contribution is 0.178. The maximum Gasteiger partial charge on any atom is 0.159 e. The fraction of sp³-hybridized carbons (Fsp3) is 0.294. The van der Waals surface area contributed by atoms with Crippen LogP contribution in [0.15, 0.2) is 30.5 Å². The first kappa shape index (κ1) is 15.8. The Balaban J connectivity index is 2.38. The summed E-state index contributed by atoms with van der Waals surface area (Å²) in [6.45, 7) is 3.14. The Kier molecular flexibility index (Phi) is 4.50. The van der Waals surface area contributed by atoms with E-state index in [-0.39, 0.29) is 0 Å². The van der Waals surface area contributed by atoms with Gasteiger partial charge >= 0.3 is 0 Å². The Labute approximate surface area is 139 Å². The first-order chi connectivity index (χ1) is 11.2. The average Bonchev–Trinajstić information content (AvgIpc) is 2.96. The molecular formula is C17H18ClN3O2. The minimum atomic E-state index is 0.363. The van der Waals surface area contributed by atoms with Gasteiger partial charge in [-0.05, 0) is 24.6 Å². The van der Waals surface area contributed by atoms with Crippen LogP contribution < -0.4 is 4.74 Å². The van der Waals surface area contributed by atoms with Gasteiger partial charge in [-0.15, -0.1) is 0 Å². The van der Waals surface area contributed by atoms with Gasteiger partial charge in [0.05, 0.1) is 25.3 Å². The highest BCUT2D eigenvalue weighted by atomic mass is 35.5. The van der Waals surface area contributed by atoms with Crippen molar-refractivity contribution in [2.75, 3.05) is 14.2 Å². The lowest BCUT2D eigenvalue weighted by Crippen LogP contribution is -2.04. The van der Waals surface area contributed by atoms with E-state index < -0.39 is 0 Å². The van der Waals surface area contributed by atoms with Crippen LogP contribution in [0.5, 0.6) is 5.75 Å². The lowest BCUT2D eigenvalue weighted by Gasteiger charge is -2.15. The van der Waals surface area contributed by atoms with Crippen LogP contribution in [-0.2, 0) is 17.9 Å². The molecule has 0 aliphatic carbocycles. The molecule has 0 unspecified atom stereocenters. The summed E-state index contributed by atoms with van der Waals surface area (Å²) in [5, 5.41) is 6.03. The molecule has 0 amide bonds. The summed E-state index contributed by atoms with van der Waals surface area (Å²) in [6.07, 6.45) is 1.82. The first-order valence-electron chi connectivity index (χ1n) is 7.36. The van der Waals surface area contributed by atoms with E-state index in [1.54, 1.807) is 14.2 Å². The van der Waals surface area contributed by atoms with Crippen LogP contribution in [0.2, 0.25) is 5.02 Å². The summed E-state index contributed by atoms with van der Waals surface area (Å²) < 4.78 is 12.8. The van der Waals surface area contributed by atoms with E-state index in [1.807, 2.05) is 42.1 Å². The number of rotatable bonds is 5. The number of benzene rings is 1. The molecule has 1 aromatic carbocycles. The van der Waals surface area contributed by atoms with Crippen LogP contribution in [0.25, 0.3) is 22.2 Å². The zero-order valence-corrected chi connectivity index (χ0v) is 14.1. The molecule has 6 heteroatoms. The highest BCUT2D eigenvalue weighted by molar-refractivity contribution is 6.31. The smallest absolute Gasteiger partial charge is 0.159 e. The molecule has 23 heavy (non-hydrogen) atoms. The molecule has 0 N–H and O–H groups in total. The number of nitrogens with zero attached hydrogens (tertiary/aromatic N) is 3. The van der Waals surface area contributed by atoms with Crippen molar-refractivity contribution in [1.29, 1.82) is 0 Å². The van der Waals surface area contributed by atoms with Gasteiger partial charge in [0, 0.05) is 24.2 Å². The van der Waals surface area contributed by atoms with E-state index in [0.717, 1.165) is 34.4 Å². The molecular weight excluding hydrogens is 314 g/mol. The standard InChI is InChI=1S/C17H18ClN3O2/c1-4-21-17-13(9-19-21)15(11-6-5-7-12(18)8-11)16(23-3)14(20-17)10-22-2/h5-9H,4,10H2,1-3H3. The van der Waals surface area contributed by atoms with Gasteiger partial charge in [-0.3, -0.25) is 0 Å². The zero-order valence-electron chi connectivity index (χ0n) is 13.3. The van der Waals surface area contributed by atoms with Crippen LogP contribution in [-0.4, -0.2) is 29.0 Å². The molecule has 2 aromatic heterocycles. The Morgan fingerprint density at radius 3 is 2.74 bits per heavy atom. The van der Waals surface area contributed by atoms with Gasteiger partial charge in [-0.25, -0.2) is 9.67 Å². The van der Waals surface area contributed by atoms with E-state index >= 15 is 0 Å². The Hall–Kier alpha value is -2.11. The van der Waals surface area contributed by atoms with Crippen LogP contribution in [0.3, 0.4) is 0 Å². The fourth-order valence-corrected chi connectivity index (χ4v) is 2.93. The summed E-state index contributed by atoms with van der Waals surface area (Å²) in [4.78, 5) is 4.69. The second kappa shape index (κ2) is 6.56. The second-order valence-corrected chi connectivity index (χ2v) is 5.54. The molecule has 0 aliphatic heterocycles. The highest BCUT2D eigenvalue weighted by Crippen LogP contribution is 2.39. The average molecular weight is 332 g/mol. The normalized spacial score (nSPS) is 11.1. The Morgan fingerprint density at radius 1 is 1.26 bits per heavy atom. The monoisotopic (exact) mass is 331 g/mol. The molecule has 0 bridgehead atoms. The van der Waals surface area contributed by atoms with Crippen LogP contribution in [0.4, 0.5) is 0 Å². The number of methoxy groups -OCH3 is 2. The topological polar surface area (TPSA) is 49.2 Å². The van der Waals surface area contributed by atoms with Crippen LogP contribution >= 0.6 is 11.6 Å². The van der Waals surface area contributed by atoms with Crippen molar-refractivity contribution in [3.63, 3.8) is 0 Å². The number of hydrogen-bond donors (Lipinski definition) is 0. The summed E-state index contributed by atoms with van der Waals surface area (Å²) in [6, 6.07) is 7.69. The lowest BCUT2D eigenvalue weighted by atomic mass is 10.0. The van der Waals surface area contributed by atoms with Crippen molar-refractivity contribution in [1.82, 2.24) is 14.8 Å². The van der Waals surface area contributed by atoms with E-state index in [4.69, 9.17) is 26.1 Å². The van der Waals surface area contributed by atoms with Crippen molar-refractivity contribution in [2.24, 2.45) is 0 Å². The van der Waals surface area contributed by atoms with Gasteiger partial charge in [-0.1, -0.05) is 23.7 Å². The maximum absolute atomic E-state index is 6.17. The molecule has 0 saturated carbocycles. The summed E-state index contributed by atoms with van der Waals surface area (Å²) >= 11 is 6.17. The third-order valence-electron chi connectivity index (χ3n) is 3.71. The number of hydrogen-bond acceptors (Lipinski definition) is 4. The van der Waals surface area contributed by atoms with Crippen molar-refractivity contribution in [2.45, 2.75) is 20.1 Å². The largest absolute Gasteiger partial charge is 0.494 e. The number of aryl methyl sites for hydroxylation is 1. The molecule has 3 aromatic rings. The third kappa shape index (κ3) is 2.78. The molecule has 0 saturated heterocycles. The maximum atomic E-state index is 6.17. The van der Waals surface area contributed by atoms with Gasteiger partial charge in [0.2, 0.25) is 0 Å². The molecule has 2 heterocycles. The van der Waals surface area contributed by atoms with Crippen molar-refractivity contribution in [3.05, 3.63) is 41.2 Å². The number of ether oxygens (including phenoxy) is 2. The summed E-state index contributed by atoms with van der Waals surface area (Å²) in [5.74, 6) is 0.692. The van der Waals surface area contributed by atoms with E-state index in [1.165, 1.54) is 0 Å². The number of fused-ring (bicyclic) bond motifs is 1. The molecule has 0 atom stereocenters. The molecule has 0 spiro atoms. The predicted octanol–water partition coefficient (Wildman–Crippen LogP) is 3.93. The molecule has 0 fully saturated rings. The SMILES string of the molecule is CCn1ncc2c(-c3cccc(Cl)c3)c(OC)c(COC)nc21. The summed E-state index contributed by atoms with van der Waals surface area (Å²) in [5.41, 5.74) is 3.46. The molecule has 0 radical (unpaired) electrons. The van der Waals surface area contributed by atoms with Crippen molar-refractivity contribution < 1.29 is 9.47 Å². The van der Waals surface area contributed by atoms with Crippen molar-refractivity contribution >= 4 is 22.6 Å². The second-order valence-electron chi connectivity index (χ2n) is 5.11. The number of aromatic nitrogens is 3. The molecule has 120 valence electrons. The third-order valence-corrected chi connectivity index (χ3v) is 3.94. The summed E-state index contributed by atoms with van der Waals surface area (Å²) in [7, 11) is 3.28. The van der Waals surface area contributed by atoms with Gasteiger partial charge < -0.3 is 9.47 Å². The predicted molar refractivity (Wildman–Crippen MR) is 90.9 cm³/mol. The van der Waals surface area contributed by atoms with E-state index in [9.17, 15) is 0 Å². The van der Waals surface area contributed by atoms with Crippen molar-refractivity contribution in [3.8, 4) is 16.9 Å². The molecule has 3 rings (SSSR count). The highest BCUT2D eigenvalue weighted by Gasteiger charge is 2.20. The van der Waals surface area contributed by atoms with Gasteiger partial charge in [0.15, 0.2) is 11.4 Å². The minimum Gasteiger partial charge on any atom is -0.494 e. The zero-order chi connectivity index (χ0) is 16.4. The number of pyridine rings is 1. The van der Waals surface area contributed by atoms with Crippen LogP contribution in [0, 0.1) is 0 Å². The molecule has 5 nitrogen and oxygen atoms in total. The van der Waals surface area contributed by atoms with Gasteiger partial charge in [-0.2, -0.15) is 5.10 Å². The van der Waals surface area contributed by atoms with E-state index in [2.05, 4.69) is 5.10 Å². The van der Waals surface area contributed by atoms with E-state index in [0.29, 0.717) is 17.4 Å². The Bertz CT molecular complexity index is 845. The molecule has 0 aliphatic rings. The first-order valence-corrected chi connectivity index (χ1v) is 7.74. The minimum absolute atomic E-state index is 0.363. The number of halogens is 1. The Morgan fingerprint density at radius 2 is 2.09 bits per heavy atom. The quantitative estimate of drug-likeness (QED) is 0.711. The fourth-order valence-electron chi connectivity index (χ4n) is 2.73. The van der Waals surface area contributed by atoms with Gasteiger partial charge in [0.1, 0.15) is 5.69 Å². The van der Waals surface area contributed by atoms with Gasteiger partial charge in [0.25, 0.3) is 0 Å². The van der Waals surface area contributed by atoms with Crippen LogP contribution in [0.1, 0.15) is 12.6 Å².